The van der Waals surface area contributed by atoms with Crippen LogP contribution in [0.25, 0.3) is 0 Å². The van der Waals surface area contributed by atoms with Gasteiger partial charge in [-0.25, -0.2) is 8.78 Å². The second-order valence-corrected chi connectivity index (χ2v) is 5.62. The van der Waals surface area contributed by atoms with Crippen LogP contribution in [0.15, 0.2) is 40.9 Å². The topological polar surface area (TPSA) is 38.0 Å². The number of nitrogens with one attached hydrogen (secondary N) is 1. The van der Waals surface area contributed by atoms with Crippen molar-refractivity contribution in [3.8, 4) is 0 Å². The number of halogens is 4. The zero-order valence-electron chi connectivity index (χ0n) is 10.3. The zero-order chi connectivity index (χ0) is 14.7. The van der Waals surface area contributed by atoms with Gasteiger partial charge >= 0.3 is 0 Å². The molecule has 0 amide bonds. The monoisotopic (exact) mass is 360 g/mol. The summed E-state index contributed by atoms with van der Waals surface area (Å²) in [7, 11) is 0. The van der Waals surface area contributed by atoms with Crippen molar-refractivity contribution in [2.45, 2.75) is 12.5 Å². The number of benzene rings is 2. The summed E-state index contributed by atoms with van der Waals surface area (Å²) in [4.78, 5) is 0. The second kappa shape index (κ2) is 6.63. The standard InChI is InChI=1S/C14H12BrClF2N2/c15-11-6-8(1-3-13(11)18)14(20-19)7-9-5-10(16)2-4-12(9)17/h1-6,14,20H,7,19H2. The molecule has 1 unspecified atom stereocenters. The number of hydrogen-bond donors (Lipinski definition) is 2. The first-order valence-electron chi connectivity index (χ1n) is 5.86. The quantitative estimate of drug-likeness (QED) is 0.635. The fourth-order valence-electron chi connectivity index (χ4n) is 1.92. The summed E-state index contributed by atoms with van der Waals surface area (Å²) < 4.78 is 27.3. The molecule has 3 N–H and O–H groups in total. The third-order valence-corrected chi connectivity index (χ3v) is 3.82. The van der Waals surface area contributed by atoms with E-state index in [2.05, 4.69) is 21.4 Å². The van der Waals surface area contributed by atoms with Crippen LogP contribution in [0.3, 0.4) is 0 Å². The molecule has 2 rings (SSSR count). The van der Waals surface area contributed by atoms with E-state index in [0.717, 1.165) is 5.56 Å². The summed E-state index contributed by atoms with van der Waals surface area (Å²) in [6.45, 7) is 0. The highest BCUT2D eigenvalue weighted by atomic mass is 79.9. The molecule has 106 valence electrons. The Balaban J connectivity index is 2.28. The molecule has 2 nitrogen and oxygen atoms in total. The van der Waals surface area contributed by atoms with Crippen LogP contribution in [-0.4, -0.2) is 0 Å². The van der Waals surface area contributed by atoms with Gasteiger partial charge in [0.1, 0.15) is 11.6 Å². The van der Waals surface area contributed by atoms with Gasteiger partial charge in [0, 0.05) is 5.02 Å². The van der Waals surface area contributed by atoms with Crippen LogP contribution in [0, 0.1) is 11.6 Å². The molecule has 20 heavy (non-hydrogen) atoms. The molecule has 2 aromatic carbocycles. The first-order valence-corrected chi connectivity index (χ1v) is 7.03. The molecule has 0 saturated heterocycles. The van der Waals surface area contributed by atoms with Crippen molar-refractivity contribution in [3.63, 3.8) is 0 Å². The lowest BCUT2D eigenvalue weighted by Gasteiger charge is -2.17. The molecule has 2 aromatic rings. The molecular formula is C14H12BrClF2N2. The lowest BCUT2D eigenvalue weighted by molar-refractivity contribution is 0.527. The predicted octanol–water partition coefficient (Wildman–Crippen LogP) is 4.13. The van der Waals surface area contributed by atoms with E-state index in [1.165, 1.54) is 18.2 Å². The maximum absolute atomic E-state index is 13.7. The molecule has 0 aliphatic heterocycles. The van der Waals surface area contributed by atoms with Crippen molar-refractivity contribution < 1.29 is 8.78 Å². The number of nitrogens with two attached hydrogens (primary N) is 1. The van der Waals surface area contributed by atoms with Crippen molar-refractivity contribution in [2.24, 2.45) is 5.84 Å². The van der Waals surface area contributed by atoms with Crippen molar-refractivity contribution in [2.75, 3.05) is 0 Å². The van der Waals surface area contributed by atoms with Gasteiger partial charge in [0.05, 0.1) is 10.5 Å². The molecule has 0 aliphatic carbocycles. The summed E-state index contributed by atoms with van der Waals surface area (Å²) in [6.07, 6.45) is 0.307. The van der Waals surface area contributed by atoms with E-state index >= 15 is 0 Å². The van der Waals surface area contributed by atoms with Crippen LogP contribution in [0.5, 0.6) is 0 Å². The number of rotatable bonds is 4. The third-order valence-electron chi connectivity index (χ3n) is 2.98. The van der Waals surface area contributed by atoms with E-state index < -0.39 is 0 Å². The molecule has 0 fully saturated rings. The fourth-order valence-corrected chi connectivity index (χ4v) is 2.51. The molecule has 6 heteroatoms. The first kappa shape index (κ1) is 15.4. The molecule has 0 bridgehead atoms. The van der Waals surface area contributed by atoms with Gasteiger partial charge in [-0.1, -0.05) is 17.7 Å². The highest BCUT2D eigenvalue weighted by Crippen LogP contribution is 2.25. The highest BCUT2D eigenvalue weighted by molar-refractivity contribution is 9.10. The Morgan fingerprint density at radius 3 is 2.50 bits per heavy atom. The molecule has 0 aliphatic rings. The van der Waals surface area contributed by atoms with Crippen molar-refractivity contribution in [3.05, 3.63) is 68.7 Å². The maximum Gasteiger partial charge on any atom is 0.137 e. The first-order chi connectivity index (χ1) is 9.51. The van der Waals surface area contributed by atoms with Crippen molar-refractivity contribution >= 4 is 27.5 Å². The van der Waals surface area contributed by atoms with Gasteiger partial charge in [0.15, 0.2) is 0 Å². The predicted molar refractivity (Wildman–Crippen MR) is 79.3 cm³/mol. The Morgan fingerprint density at radius 2 is 1.85 bits per heavy atom. The van der Waals surface area contributed by atoms with E-state index in [0.29, 0.717) is 21.5 Å². The summed E-state index contributed by atoms with van der Waals surface area (Å²) in [6, 6.07) is 8.55. The van der Waals surface area contributed by atoms with Crippen molar-refractivity contribution in [1.29, 1.82) is 0 Å². The van der Waals surface area contributed by atoms with Gasteiger partial charge in [-0.3, -0.25) is 11.3 Å². The Morgan fingerprint density at radius 1 is 1.15 bits per heavy atom. The van der Waals surface area contributed by atoms with Gasteiger partial charge in [0.25, 0.3) is 0 Å². The van der Waals surface area contributed by atoms with Crippen LogP contribution in [-0.2, 0) is 6.42 Å². The Bertz CT molecular complexity index is 622. The average Bonchev–Trinajstić information content (AvgIpc) is 2.43. The molecule has 1 atom stereocenters. The summed E-state index contributed by atoms with van der Waals surface area (Å²) in [5.74, 6) is 4.80. The van der Waals surface area contributed by atoms with E-state index in [1.54, 1.807) is 18.2 Å². The summed E-state index contributed by atoms with van der Waals surface area (Å²) in [5.41, 5.74) is 3.80. The minimum Gasteiger partial charge on any atom is -0.271 e. The minimum atomic E-state index is -0.363. The van der Waals surface area contributed by atoms with Crippen molar-refractivity contribution in [1.82, 2.24) is 5.43 Å². The minimum absolute atomic E-state index is 0.307. The highest BCUT2D eigenvalue weighted by Gasteiger charge is 2.15. The van der Waals surface area contributed by atoms with Crippen LogP contribution in [0.1, 0.15) is 17.2 Å². The van der Waals surface area contributed by atoms with Gasteiger partial charge < -0.3 is 0 Å². The summed E-state index contributed by atoms with van der Waals surface area (Å²) >= 11 is 8.98. The Kier molecular flexibility index (Phi) is 5.10. The van der Waals surface area contributed by atoms with E-state index in [4.69, 9.17) is 17.4 Å². The number of hydrazine groups is 1. The summed E-state index contributed by atoms with van der Waals surface area (Å²) in [5, 5.41) is 0.456. The molecule has 0 saturated carbocycles. The van der Waals surface area contributed by atoms with Gasteiger partial charge in [-0.2, -0.15) is 0 Å². The van der Waals surface area contributed by atoms with Crippen LogP contribution < -0.4 is 11.3 Å². The maximum atomic E-state index is 13.7. The molecule has 0 aromatic heterocycles. The van der Waals surface area contributed by atoms with E-state index in [9.17, 15) is 8.78 Å². The average molecular weight is 362 g/mol. The van der Waals surface area contributed by atoms with E-state index in [1.807, 2.05) is 0 Å². The number of hydrogen-bond acceptors (Lipinski definition) is 2. The normalized spacial score (nSPS) is 12.4. The molecule has 0 radical (unpaired) electrons. The molecule has 0 spiro atoms. The Hall–Kier alpha value is -1.01. The second-order valence-electron chi connectivity index (χ2n) is 4.33. The van der Waals surface area contributed by atoms with Crippen LogP contribution in [0.4, 0.5) is 8.78 Å². The van der Waals surface area contributed by atoms with Gasteiger partial charge in [-0.05, 0) is 63.8 Å². The molecule has 0 heterocycles. The Labute approximate surface area is 129 Å². The lowest BCUT2D eigenvalue weighted by atomic mass is 9.99. The fraction of sp³-hybridized carbons (Fsp3) is 0.143. The smallest absolute Gasteiger partial charge is 0.137 e. The lowest BCUT2D eigenvalue weighted by Crippen LogP contribution is -2.29. The third kappa shape index (κ3) is 3.55. The van der Waals surface area contributed by atoms with Gasteiger partial charge in [-0.15, -0.1) is 0 Å². The van der Waals surface area contributed by atoms with Gasteiger partial charge in [0.2, 0.25) is 0 Å². The van der Waals surface area contributed by atoms with Crippen LogP contribution in [0.2, 0.25) is 5.02 Å². The largest absolute Gasteiger partial charge is 0.271 e. The van der Waals surface area contributed by atoms with Crippen LogP contribution >= 0.6 is 27.5 Å². The molecular weight excluding hydrogens is 350 g/mol. The SMILES string of the molecule is NNC(Cc1cc(Cl)ccc1F)c1ccc(F)c(Br)c1. The van der Waals surface area contributed by atoms with E-state index in [-0.39, 0.29) is 17.7 Å². The zero-order valence-corrected chi connectivity index (χ0v) is 12.7.